The molecule has 1 aliphatic carbocycles. The summed E-state index contributed by atoms with van der Waals surface area (Å²) in [5.74, 6) is 0. The van der Waals surface area contributed by atoms with Crippen molar-refractivity contribution in [1.29, 1.82) is 0 Å². The Labute approximate surface area is 81.2 Å². The van der Waals surface area contributed by atoms with Crippen LogP contribution in [0.1, 0.15) is 25.7 Å². The van der Waals surface area contributed by atoms with Gasteiger partial charge in [0.05, 0.1) is 6.10 Å². The van der Waals surface area contributed by atoms with Gasteiger partial charge in [0.15, 0.2) is 0 Å². The number of aromatic nitrogens is 2. The maximum absolute atomic E-state index is 9.30. The molecule has 1 fully saturated rings. The maximum atomic E-state index is 9.30. The van der Waals surface area contributed by atoms with E-state index in [2.05, 4.69) is 14.7 Å². The number of hydrogen-bond acceptors (Lipinski definition) is 5. The van der Waals surface area contributed by atoms with Gasteiger partial charge in [-0.1, -0.05) is 0 Å². The predicted molar refractivity (Wildman–Crippen MR) is 51.8 cm³/mol. The van der Waals surface area contributed by atoms with Gasteiger partial charge < -0.3 is 10.4 Å². The van der Waals surface area contributed by atoms with Crippen LogP contribution in [0, 0.1) is 0 Å². The largest absolute Gasteiger partial charge is 0.393 e. The van der Waals surface area contributed by atoms with E-state index in [0.29, 0.717) is 6.04 Å². The Balaban J connectivity index is 1.83. The molecule has 0 unspecified atom stereocenters. The lowest BCUT2D eigenvalue weighted by Crippen LogP contribution is -2.28. The van der Waals surface area contributed by atoms with E-state index in [4.69, 9.17) is 0 Å². The molecule has 0 bridgehead atoms. The Bertz CT molecular complexity index is 244. The third-order valence-corrected chi connectivity index (χ3v) is 2.98. The van der Waals surface area contributed by atoms with Gasteiger partial charge in [-0.2, -0.15) is 4.37 Å². The Kier molecular flexibility index (Phi) is 2.75. The number of aliphatic hydroxyl groups excluding tert-OH is 1. The number of hydrogen-bond donors (Lipinski definition) is 2. The highest BCUT2D eigenvalue weighted by atomic mass is 32.1. The zero-order valence-corrected chi connectivity index (χ0v) is 8.13. The van der Waals surface area contributed by atoms with Gasteiger partial charge in [-0.3, -0.25) is 0 Å². The van der Waals surface area contributed by atoms with Crippen molar-refractivity contribution in [2.24, 2.45) is 0 Å². The average Bonchev–Trinajstić information content (AvgIpc) is 2.62. The highest BCUT2D eigenvalue weighted by molar-refractivity contribution is 7.09. The van der Waals surface area contributed by atoms with Gasteiger partial charge in [-0.15, -0.1) is 0 Å². The van der Waals surface area contributed by atoms with E-state index >= 15 is 0 Å². The maximum Gasteiger partial charge on any atom is 0.202 e. The van der Waals surface area contributed by atoms with Crippen molar-refractivity contribution < 1.29 is 5.11 Å². The van der Waals surface area contributed by atoms with Crippen LogP contribution < -0.4 is 5.32 Å². The molecule has 1 aliphatic rings. The Morgan fingerprint density at radius 1 is 1.38 bits per heavy atom. The molecule has 1 heterocycles. The molecule has 1 aromatic rings. The Hall–Kier alpha value is -0.680. The van der Waals surface area contributed by atoms with Gasteiger partial charge in [0.2, 0.25) is 5.13 Å². The normalized spacial score (nSPS) is 28.7. The molecule has 2 N–H and O–H groups in total. The van der Waals surface area contributed by atoms with Crippen LogP contribution in [-0.4, -0.2) is 26.6 Å². The van der Waals surface area contributed by atoms with E-state index in [9.17, 15) is 5.11 Å². The summed E-state index contributed by atoms with van der Waals surface area (Å²) in [6.07, 6.45) is 5.33. The van der Waals surface area contributed by atoms with Crippen LogP contribution in [0.2, 0.25) is 0 Å². The highest BCUT2D eigenvalue weighted by Crippen LogP contribution is 2.22. The summed E-state index contributed by atoms with van der Waals surface area (Å²) in [7, 11) is 0. The number of nitrogens with one attached hydrogen (secondary N) is 1. The fraction of sp³-hybridized carbons (Fsp3) is 0.750. The summed E-state index contributed by atoms with van der Waals surface area (Å²) in [5, 5.41) is 13.5. The summed E-state index contributed by atoms with van der Waals surface area (Å²) in [4.78, 5) is 4.06. The van der Waals surface area contributed by atoms with Crippen LogP contribution in [0.4, 0.5) is 5.13 Å². The van der Waals surface area contributed by atoms with Gasteiger partial charge in [-0.05, 0) is 25.7 Å². The standard InChI is InChI=1S/C8H13N3OS/c12-7-3-1-6(2-4-7)11-8-9-5-10-13-8/h5-7,12H,1-4H2,(H,9,10,11). The van der Waals surface area contributed by atoms with Crippen molar-refractivity contribution in [2.45, 2.75) is 37.8 Å². The number of aliphatic hydroxyl groups is 1. The van der Waals surface area contributed by atoms with Crippen LogP contribution in [0.25, 0.3) is 0 Å². The fourth-order valence-corrected chi connectivity index (χ4v) is 2.14. The zero-order valence-electron chi connectivity index (χ0n) is 7.31. The minimum absolute atomic E-state index is 0.0903. The Morgan fingerprint density at radius 3 is 2.77 bits per heavy atom. The minimum Gasteiger partial charge on any atom is -0.393 e. The van der Waals surface area contributed by atoms with Crippen LogP contribution in [0.15, 0.2) is 6.33 Å². The molecule has 0 aromatic carbocycles. The van der Waals surface area contributed by atoms with E-state index in [1.165, 1.54) is 11.5 Å². The molecule has 0 atom stereocenters. The van der Waals surface area contributed by atoms with Crippen LogP contribution >= 0.6 is 11.5 Å². The van der Waals surface area contributed by atoms with E-state index in [1.54, 1.807) is 6.33 Å². The predicted octanol–water partition coefficient (Wildman–Crippen LogP) is 1.25. The SMILES string of the molecule is OC1CCC(Nc2ncns2)CC1. The highest BCUT2D eigenvalue weighted by Gasteiger charge is 2.19. The fourth-order valence-electron chi connectivity index (χ4n) is 1.63. The summed E-state index contributed by atoms with van der Waals surface area (Å²) >= 11 is 1.38. The van der Waals surface area contributed by atoms with Crippen LogP contribution in [0.3, 0.4) is 0 Å². The first-order valence-electron chi connectivity index (χ1n) is 4.56. The van der Waals surface area contributed by atoms with Crippen molar-refractivity contribution >= 4 is 16.7 Å². The summed E-state index contributed by atoms with van der Waals surface area (Å²) < 4.78 is 3.92. The quantitative estimate of drug-likeness (QED) is 0.752. The lowest BCUT2D eigenvalue weighted by atomic mass is 9.93. The second-order valence-electron chi connectivity index (χ2n) is 3.40. The second-order valence-corrected chi connectivity index (χ2v) is 4.18. The second kappa shape index (κ2) is 4.02. The molecule has 1 aromatic heterocycles. The van der Waals surface area contributed by atoms with E-state index in [1.807, 2.05) is 0 Å². The van der Waals surface area contributed by atoms with Crippen molar-refractivity contribution in [2.75, 3.05) is 5.32 Å². The zero-order chi connectivity index (χ0) is 9.10. The van der Waals surface area contributed by atoms with E-state index in [0.717, 1.165) is 30.8 Å². The van der Waals surface area contributed by atoms with Gasteiger partial charge in [0.1, 0.15) is 6.33 Å². The van der Waals surface area contributed by atoms with Crippen molar-refractivity contribution in [3.8, 4) is 0 Å². The molecule has 1 saturated carbocycles. The first-order chi connectivity index (χ1) is 6.34. The van der Waals surface area contributed by atoms with E-state index in [-0.39, 0.29) is 6.10 Å². The van der Waals surface area contributed by atoms with Crippen molar-refractivity contribution in [3.63, 3.8) is 0 Å². The third kappa shape index (κ3) is 2.38. The first kappa shape index (κ1) is 8.90. The molecule has 0 aliphatic heterocycles. The topological polar surface area (TPSA) is 58.0 Å². The van der Waals surface area contributed by atoms with Crippen molar-refractivity contribution in [1.82, 2.24) is 9.36 Å². The summed E-state index contributed by atoms with van der Waals surface area (Å²) in [5.41, 5.74) is 0. The van der Waals surface area contributed by atoms with Gasteiger partial charge >= 0.3 is 0 Å². The van der Waals surface area contributed by atoms with E-state index < -0.39 is 0 Å². The molecular formula is C8H13N3OS. The molecule has 0 amide bonds. The molecule has 72 valence electrons. The number of nitrogens with zero attached hydrogens (tertiary/aromatic N) is 2. The van der Waals surface area contributed by atoms with Crippen LogP contribution in [-0.2, 0) is 0 Å². The molecule has 13 heavy (non-hydrogen) atoms. The molecule has 0 saturated heterocycles. The number of rotatable bonds is 2. The smallest absolute Gasteiger partial charge is 0.202 e. The summed E-state index contributed by atoms with van der Waals surface area (Å²) in [6.45, 7) is 0. The molecule has 5 heteroatoms. The molecule has 0 radical (unpaired) electrons. The first-order valence-corrected chi connectivity index (χ1v) is 5.33. The van der Waals surface area contributed by atoms with Crippen molar-refractivity contribution in [3.05, 3.63) is 6.33 Å². The van der Waals surface area contributed by atoms with Crippen LogP contribution in [0.5, 0.6) is 0 Å². The lowest BCUT2D eigenvalue weighted by molar-refractivity contribution is 0.126. The van der Waals surface area contributed by atoms with Gasteiger partial charge in [0, 0.05) is 17.6 Å². The third-order valence-electron chi connectivity index (χ3n) is 2.39. The number of anilines is 1. The minimum atomic E-state index is -0.0903. The average molecular weight is 199 g/mol. The Morgan fingerprint density at radius 2 is 2.15 bits per heavy atom. The summed E-state index contributed by atoms with van der Waals surface area (Å²) in [6, 6.07) is 0.469. The molecule has 4 nitrogen and oxygen atoms in total. The van der Waals surface area contributed by atoms with Gasteiger partial charge in [-0.25, -0.2) is 4.98 Å². The molecule has 0 spiro atoms. The lowest BCUT2D eigenvalue weighted by Gasteiger charge is -2.25. The monoisotopic (exact) mass is 199 g/mol. The molecule has 2 rings (SSSR count). The molecular weight excluding hydrogens is 186 g/mol. The van der Waals surface area contributed by atoms with Gasteiger partial charge in [0.25, 0.3) is 0 Å².